The Morgan fingerprint density at radius 1 is 1.57 bits per heavy atom. The Hall–Kier alpha value is -1.10. The second-order valence-corrected chi connectivity index (χ2v) is 3.50. The summed E-state index contributed by atoms with van der Waals surface area (Å²) in [4.78, 5) is 7.00. The third-order valence-electron chi connectivity index (χ3n) is 2.12. The minimum atomic E-state index is -0.403. The van der Waals surface area contributed by atoms with E-state index < -0.39 is 6.04 Å². The maximum Gasteiger partial charge on any atom is 0.107 e. The zero-order chi connectivity index (χ0) is 10.1. The van der Waals surface area contributed by atoms with Crippen molar-refractivity contribution in [3.8, 4) is 0 Å². The summed E-state index contributed by atoms with van der Waals surface area (Å²) >= 11 is 5.98. The van der Waals surface area contributed by atoms with E-state index in [1.807, 2.05) is 6.07 Å². The van der Waals surface area contributed by atoms with Crippen LogP contribution in [-0.4, -0.2) is 21.7 Å². The molecule has 5 heteroatoms. The molecule has 0 bridgehead atoms. The molecule has 1 atom stereocenters. The van der Waals surface area contributed by atoms with Gasteiger partial charge in [-0.2, -0.15) is 0 Å². The van der Waals surface area contributed by atoms with E-state index in [2.05, 4.69) is 9.97 Å². The van der Waals surface area contributed by atoms with Gasteiger partial charge in [-0.05, 0) is 17.7 Å². The highest BCUT2D eigenvalue weighted by Gasteiger charge is 2.09. The Labute approximate surface area is 85.7 Å². The van der Waals surface area contributed by atoms with Crippen molar-refractivity contribution >= 4 is 22.6 Å². The predicted octanol–water partition coefficient (Wildman–Crippen LogP) is 1.21. The normalized spacial score (nSPS) is 13.4. The number of nitrogens with one attached hydrogen (secondary N) is 1. The van der Waals surface area contributed by atoms with Gasteiger partial charge in [-0.15, -0.1) is 0 Å². The van der Waals surface area contributed by atoms with E-state index in [0.717, 1.165) is 16.6 Å². The van der Waals surface area contributed by atoms with Crippen LogP contribution in [0.3, 0.4) is 0 Å². The van der Waals surface area contributed by atoms with Crippen LogP contribution in [0.25, 0.3) is 11.0 Å². The molecule has 0 amide bonds. The van der Waals surface area contributed by atoms with E-state index in [4.69, 9.17) is 22.4 Å². The highest BCUT2D eigenvalue weighted by atomic mass is 35.5. The van der Waals surface area contributed by atoms with Crippen LogP contribution in [0.5, 0.6) is 0 Å². The highest BCUT2D eigenvalue weighted by Crippen LogP contribution is 2.24. The first kappa shape index (κ1) is 9.45. The number of aromatic amines is 1. The number of aliphatic hydroxyl groups excluding tert-OH is 1. The second-order valence-electron chi connectivity index (χ2n) is 3.09. The van der Waals surface area contributed by atoms with E-state index in [0.29, 0.717) is 5.02 Å². The first-order valence-electron chi connectivity index (χ1n) is 4.21. The molecule has 1 unspecified atom stereocenters. The molecule has 0 aliphatic heterocycles. The summed E-state index contributed by atoms with van der Waals surface area (Å²) in [5.74, 6) is 0. The molecule has 0 saturated carbocycles. The first-order valence-corrected chi connectivity index (χ1v) is 4.59. The summed E-state index contributed by atoms with van der Waals surface area (Å²) in [6, 6.07) is 3.17. The van der Waals surface area contributed by atoms with Gasteiger partial charge in [0.1, 0.15) is 5.52 Å². The van der Waals surface area contributed by atoms with E-state index in [1.54, 1.807) is 12.4 Å². The number of rotatable bonds is 2. The van der Waals surface area contributed by atoms with E-state index in [9.17, 15) is 0 Å². The molecule has 1 heterocycles. The van der Waals surface area contributed by atoms with Crippen LogP contribution in [0, 0.1) is 0 Å². The fourth-order valence-corrected chi connectivity index (χ4v) is 1.62. The summed E-state index contributed by atoms with van der Waals surface area (Å²) in [6.07, 6.45) is 1.57. The number of hydrogen-bond donors (Lipinski definition) is 3. The van der Waals surface area contributed by atoms with Gasteiger partial charge in [-0.3, -0.25) is 0 Å². The Morgan fingerprint density at radius 2 is 2.36 bits per heavy atom. The maximum atomic E-state index is 8.91. The van der Waals surface area contributed by atoms with Crippen molar-refractivity contribution in [2.45, 2.75) is 6.04 Å². The molecule has 14 heavy (non-hydrogen) atoms. The molecule has 0 saturated heterocycles. The monoisotopic (exact) mass is 211 g/mol. The van der Waals surface area contributed by atoms with E-state index >= 15 is 0 Å². The minimum absolute atomic E-state index is 0.101. The van der Waals surface area contributed by atoms with Crippen molar-refractivity contribution in [1.82, 2.24) is 9.97 Å². The van der Waals surface area contributed by atoms with Gasteiger partial charge in [0.25, 0.3) is 0 Å². The van der Waals surface area contributed by atoms with Crippen LogP contribution in [-0.2, 0) is 0 Å². The number of aliphatic hydroxyl groups is 1. The molecule has 4 nitrogen and oxygen atoms in total. The highest BCUT2D eigenvalue weighted by molar-refractivity contribution is 6.35. The molecule has 0 spiro atoms. The van der Waals surface area contributed by atoms with Gasteiger partial charge >= 0.3 is 0 Å². The van der Waals surface area contributed by atoms with Crippen molar-refractivity contribution in [3.05, 3.63) is 29.0 Å². The molecular formula is C9H10ClN3O. The first-order chi connectivity index (χ1) is 6.72. The molecule has 1 aromatic heterocycles. The van der Waals surface area contributed by atoms with Crippen molar-refractivity contribution in [1.29, 1.82) is 0 Å². The molecule has 0 aliphatic rings. The largest absolute Gasteiger partial charge is 0.394 e. The topological polar surface area (TPSA) is 74.9 Å². The lowest BCUT2D eigenvalue weighted by molar-refractivity contribution is 0.268. The maximum absolute atomic E-state index is 8.91. The van der Waals surface area contributed by atoms with Crippen molar-refractivity contribution in [3.63, 3.8) is 0 Å². The number of H-pyrrole nitrogens is 1. The Balaban J connectivity index is 2.58. The van der Waals surface area contributed by atoms with Gasteiger partial charge in [-0.1, -0.05) is 11.6 Å². The summed E-state index contributed by atoms with van der Waals surface area (Å²) in [5, 5.41) is 9.45. The number of nitrogens with two attached hydrogens (primary N) is 1. The molecule has 74 valence electrons. The van der Waals surface area contributed by atoms with Crippen LogP contribution in [0.15, 0.2) is 18.5 Å². The molecule has 2 rings (SSSR count). The number of benzene rings is 1. The van der Waals surface area contributed by atoms with Crippen LogP contribution in [0.2, 0.25) is 5.02 Å². The lowest BCUT2D eigenvalue weighted by atomic mass is 10.1. The number of nitrogens with zero attached hydrogens (tertiary/aromatic N) is 1. The molecule has 2 aromatic rings. The summed E-state index contributed by atoms with van der Waals surface area (Å²) in [7, 11) is 0. The van der Waals surface area contributed by atoms with Crippen molar-refractivity contribution in [2.75, 3.05) is 6.61 Å². The Bertz CT molecular complexity index is 454. The third-order valence-corrected chi connectivity index (χ3v) is 2.41. The zero-order valence-corrected chi connectivity index (χ0v) is 8.12. The molecule has 0 aliphatic carbocycles. The molecule has 1 aromatic carbocycles. The number of aromatic nitrogens is 2. The standard InChI is InChI=1S/C9H10ClN3O/c10-6-1-5(7(11)3-14)2-8-9(6)13-4-12-8/h1-2,4,7,14H,3,11H2,(H,12,13). The summed E-state index contributed by atoms with van der Waals surface area (Å²) in [6.45, 7) is -0.101. The number of imidazole rings is 1. The van der Waals surface area contributed by atoms with Crippen molar-refractivity contribution in [2.24, 2.45) is 5.73 Å². The van der Waals surface area contributed by atoms with Gasteiger partial charge in [0.15, 0.2) is 0 Å². The fraction of sp³-hybridized carbons (Fsp3) is 0.222. The molecule has 0 fully saturated rings. The average Bonchev–Trinajstić information content (AvgIpc) is 2.64. The van der Waals surface area contributed by atoms with Crippen LogP contribution in [0.1, 0.15) is 11.6 Å². The van der Waals surface area contributed by atoms with Gasteiger partial charge in [0.05, 0.1) is 29.5 Å². The SMILES string of the molecule is NC(CO)c1cc(Cl)c2nc[nH]c2c1. The predicted molar refractivity (Wildman–Crippen MR) is 55.1 cm³/mol. The van der Waals surface area contributed by atoms with E-state index in [1.165, 1.54) is 0 Å². The quantitative estimate of drug-likeness (QED) is 0.699. The summed E-state index contributed by atoms with van der Waals surface area (Å²) in [5.41, 5.74) is 8.03. The lowest BCUT2D eigenvalue weighted by Crippen LogP contribution is -2.14. The van der Waals surface area contributed by atoms with Gasteiger partial charge < -0.3 is 15.8 Å². The number of fused-ring (bicyclic) bond motifs is 1. The van der Waals surface area contributed by atoms with E-state index in [-0.39, 0.29) is 6.61 Å². The van der Waals surface area contributed by atoms with Gasteiger partial charge in [0, 0.05) is 0 Å². The van der Waals surface area contributed by atoms with Crippen LogP contribution < -0.4 is 5.73 Å². The van der Waals surface area contributed by atoms with Crippen LogP contribution in [0.4, 0.5) is 0 Å². The third kappa shape index (κ3) is 1.48. The average molecular weight is 212 g/mol. The molecule has 0 radical (unpaired) electrons. The number of halogens is 1. The minimum Gasteiger partial charge on any atom is -0.394 e. The summed E-state index contributed by atoms with van der Waals surface area (Å²) < 4.78 is 0. The Morgan fingerprint density at radius 3 is 3.07 bits per heavy atom. The second kappa shape index (κ2) is 3.57. The zero-order valence-electron chi connectivity index (χ0n) is 7.37. The van der Waals surface area contributed by atoms with Crippen molar-refractivity contribution < 1.29 is 5.11 Å². The Kier molecular flexibility index (Phi) is 2.41. The lowest BCUT2D eigenvalue weighted by Gasteiger charge is -2.08. The smallest absolute Gasteiger partial charge is 0.107 e. The van der Waals surface area contributed by atoms with Gasteiger partial charge in [-0.25, -0.2) is 4.98 Å². The number of hydrogen-bond acceptors (Lipinski definition) is 3. The van der Waals surface area contributed by atoms with Crippen LogP contribution >= 0.6 is 11.6 Å². The fourth-order valence-electron chi connectivity index (χ4n) is 1.35. The molecule has 4 N–H and O–H groups in total. The molecular weight excluding hydrogens is 202 g/mol. The van der Waals surface area contributed by atoms with Gasteiger partial charge in [0.2, 0.25) is 0 Å².